The van der Waals surface area contributed by atoms with E-state index in [0.29, 0.717) is 39.1 Å². The van der Waals surface area contributed by atoms with Crippen LogP contribution in [0.2, 0.25) is 0 Å². The minimum atomic E-state index is -3.27. The molecule has 0 spiro atoms. The molecule has 1 saturated heterocycles. The van der Waals surface area contributed by atoms with E-state index < -0.39 is 19.1 Å². The Morgan fingerprint density at radius 2 is 1.88 bits per heavy atom. The second-order valence-corrected chi connectivity index (χ2v) is 7.50. The summed E-state index contributed by atoms with van der Waals surface area (Å²) in [5.41, 5.74) is -0.418. The van der Waals surface area contributed by atoms with Gasteiger partial charge in [0.2, 0.25) is 7.37 Å². The predicted molar refractivity (Wildman–Crippen MR) is 65.3 cm³/mol. The maximum Gasteiger partial charge on any atom is 0.219 e. The van der Waals surface area contributed by atoms with Crippen molar-refractivity contribution in [2.75, 3.05) is 32.6 Å². The van der Waals surface area contributed by atoms with Crippen molar-refractivity contribution < 1.29 is 19.3 Å². The normalized spacial score (nSPS) is 35.4. The van der Waals surface area contributed by atoms with Crippen molar-refractivity contribution in [2.24, 2.45) is 0 Å². The van der Waals surface area contributed by atoms with Crippen LogP contribution in [0.3, 0.4) is 0 Å². The van der Waals surface area contributed by atoms with Gasteiger partial charge in [0.25, 0.3) is 0 Å². The van der Waals surface area contributed by atoms with E-state index in [2.05, 4.69) is 0 Å². The Morgan fingerprint density at radius 3 is 2.53 bits per heavy atom. The van der Waals surface area contributed by atoms with Gasteiger partial charge in [0.1, 0.15) is 0 Å². The number of aliphatic hydroxyl groups is 1. The third-order valence-electron chi connectivity index (χ3n) is 3.72. The minimum Gasteiger partial charge on any atom is -0.392 e. The molecule has 0 radical (unpaired) electrons. The molecule has 0 bridgehead atoms. The van der Waals surface area contributed by atoms with E-state index in [1.807, 2.05) is 4.90 Å². The smallest absolute Gasteiger partial charge is 0.219 e. The van der Waals surface area contributed by atoms with Gasteiger partial charge in [0.15, 0.2) is 0 Å². The molecule has 0 aromatic rings. The lowest BCUT2D eigenvalue weighted by Gasteiger charge is -2.35. The van der Waals surface area contributed by atoms with Crippen molar-refractivity contribution in [3.8, 4) is 0 Å². The summed E-state index contributed by atoms with van der Waals surface area (Å²) in [7, 11) is -3.27. The Morgan fingerprint density at radius 1 is 1.24 bits per heavy atom. The third kappa shape index (κ3) is 3.52. The topological polar surface area (TPSA) is 70.0 Å². The highest BCUT2D eigenvalue weighted by atomic mass is 31.2. The molecule has 6 heteroatoms. The highest BCUT2D eigenvalue weighted by Crippen LogP contribution is 2.52. The van der Waals surface area contributed by atoms with E-state index in [1.165, 1.54) is 0 Å². The molecule has 0 aromatic carbocycles. The number of morpholine rings is 1. The van der Waals surface area contributed by atoms with Gasteiger partial charge in [-0.05, 0) is 12.8 Å². The molecule has 2 aliphatic rings. The molecule has 2 N–H and O–H groups in total. The largest absolute Gasteiger partial charge is 0.392 e. The molecule has 2 rings (SSSR count). The summed E-state index contributed by atoms with van der Waals surface area (Å²) >= 11 is 0. The zero-order chi connectivity index (χ0) is 12.3. The quantitative estimate of drug-likeness (QED) is 0.739. The molecule has 0 amide bonds. The first-order valence-electron chi connectivity index (χ1n) is 6.39. The van der Waals surface area contributed by atoms with Crippen LogP contribution in [0.25, 0.3) is 0 Å². The van der Waals surface area contributed by atoms with Gasteiger partial charge in [-0.3, -0.25) is 9.46 Å². The Kier molecular flexibility index (Phi) is 4.61. The number of ether oxygens (including phenoxy) is 1. The second-order valence-electron chi connectivity index (χ2n) is 5.05. The van der Waals surface area contributed by atoms with Crippen LogP contribution < -0.4 is 0 Å². The highest BCUT2D eigenvalue weighted by molar-refractivity contribution is 7.58. The average molecular weight is 263 g/mol. The summed E-state index contributed by atoms with van der Waals surface area (Å²) in [4.78, 5) is 12.2. The van der Waals surface area contributed by atoms with Crippen LogP contribution >= 0.6 is 7.37 Å². The molecule has 1 saturated carbocycles. The van der Waals surface area contributed by atoms with Gasteiger partial charge in [-0.1, -0.05) is 12.8 Å². The molecular weight excluding hydrogens is 241 g/mol. The van der Waals surface area contributed by atoms with Crippen molar-refractivity contribution in [3.05, 3.63) is 0 Å². The summed E-state index contributed by atoms with van der Waals surface area (Å²) in [6.07, 6.45) is 2.88. The fourth-order valence-corrected chi connectivity index (χ4v) is 5.03. The first-order chi connectivity index (χ1) is 8.09. The molecular formula is C11H22NO4P. The summed E-state index contributed by atoms with van der Waals surface area (Å²) < 4.78 is 17.6. The zero-order valence-electron chi connectivity index (χ0n) is 10.1. The highest BCUT2D eigenvalue weighted by Gasteiger charge is 2.39. The molecule has 0 aromatic heterocycles. The van der Waals surface area contributed by atoms with Gasteiger partial charge in [0.05, 0.1) is 31.3 Å². The maximum atomic E-state index is 12.4. The van der Waals surface area contributed by atoms with Crippen LogP contribution in [0.15, 0.2) is 0 Å². The van der Waals surface area contributed by atoms with Crippen LogP contribution in [0.4, 0.5) is 0 Å². The van der Waals surface area contributed by atoms with Crippen molar-refractivity contribution >= 4 is 7.37 Å². The number of nitrogens with zero attached hydrogens (tertiary/aromatic N) is 1. The standard InChI is InChI=1S/C11H22NO4P/c13-10-3-1-2-4-11(10)17(14,15)9-12-5-7-16-8-6-12/h10-11,13H,1-9H2,(H,14,15)/t10-,11+/m0/s1. The number of rotatable bonds is 3. The zero-order valence-corrected chi connectivity index (χ0v) is 11.0. The lowest BCUT2D eigenvalue weighted by Crippen LogP contribution is -2.39. The van der Waals surface area contributed by atoms with E-state index in [9.17, 15) is 14.6 Å². The Balaban J connectivity index is 1.94. The maximum absolute atomic E-state index is 12.4. The molecule has 3 atom stereocenters. The summed E-state index contributed by atoms with van der Waals surface area (Å²) in [5.74, 6) is 0. The monoisotopic (exact) mass is 263 g/mol. The van der Waals surface area contributed by atoms with E-state index in [4.69, 9.17) is 4.74 Å². The van der Waals surface area contributed by atoms with Gasteiger partial charge < -0.3 is 14.7 Å². The summed E-state index contributed by atoms with van der Waals surface area (Å²) in [5, 5.41) is 9.86. The van der Waals surface area contributed by atoms with Crippen molar-refractivity contribution in [1.82, 2.24) is 4.90 Å². The van der Waals surface area contributed by atoms with E-state index in [-0.39, 0.29) is 6.29 Å². The molecule has 1 heterocycles. The SMILES string of the molecule is O=P(O)(CN1CCOCC1)[C@@H]1CCCC[C@@H]1O. The van der Waals surface area contributed by atoms with Gasteiger partial charge in [-0.25, -0.2) is 0 Å². The van der Waals surface area contributed by atoms with Gasteiger partial charge in [-0.2, -0.15) is 0 Å². The van der Waals surface area contributed by atoms with Gasteiger partial charge >= 0.3 is 0 Å². The molecule has 1 aliphatic carbocycles. The predicted octanol–water partition coefficient (Wildman–Crippen LogP) is 0.850. The van der Waals surface area contributed by atoms with Crippen LogP contribution in [-0.2, 0) is 9.30 Å². The minimum absolute atomic E-state index is 0.206. The van der Waals surface area contributed by atoms with Crippen LogP contribution in [0.5, 0.6) is 0 Å². The Hall–Kier alpha value is 0.0700. The van der Waals surface area contributed by atoms with E-state index in [0.717, 1.165) is 12.8 Å². The molecule has 17 heavy (non-hydrogen) atoms. The van der Waals surface area contributed by atoms with Gasteiger partial charge in [0, 0.05) is 13.1 Å². The van der Waals surface area contributed by atoms with Crippen LogP contribution in [-0.4, -0.2) is 59.3 Å². The number of aliphatic hydroxyl groups excluding tert-OH is 1. The van der Waals surface area contributed by atoms with Crippen molar-refractivity contribution in [1.29, 1.82) is 0 Å². The van der Waals surface area contributed by atoms with Gasteiger partial charge in [-0.15, -0.1) is 0 Å². The van der Waals surface area contributed by atoms with E-state index in [1.54, 1.807) is 0 Å². The third-order valence-corrected chi connectivity index (χ3v) is 6.16. The lowest BCUT2D eigenvalue weighted by atomic mass is 9.97. The molecule has 100 valence electrons. The lowest BCUT2D eigenvalue weighted by molar-refractivity contribution is 0.0444. The molecule has 1 aliphatic heterocycles. The van der Waals surface area contributed by atoms with Crippen LogP contribution in [0, 0.1) is 0 Å². The van der Waals surface area contributed by atoms with Crippen LogP contribution in [0.1, 0.15) is 25.7 Å². The second kappa shape index (κ2) is 5.81. The average Bonchev–Trinajstić information content (AvgIpc) is 2.30. The van der Waals surface area contributed by atoms with Crippen molar-refractivity contribution in [2.45, 2.75) is 37.4 Å². The molecule has 1 unspecified atom stereocenters. The fourth-order valence-electron chi connectivity index (χ4n) is 2.70. The van der Waals surface area contributed by atoms with E-state index >= 15 is 0 Å². The first kappa shape index (κ1) is 13.5. The molecule has 2 fully saturated rings. The number of hydrogen-bond acceptors (Lipinski definition) is 4. The first-order valence-corrected chi connectivity index (χ1v) is 8.31. The number of hydrogen-bond donors (Lipinski definition) is 2. The Bertz CT molecular complexity index is 293. The summed E-state index contributed by atoms with van der Waals surface area (Å²) in [6, 6.07) is 0. The van der Waals surface area contributed by atoms with Crippen molar-refractivity contribution in [3.63, 3.8) is 0 Å². The summed E-state index contributed by atoms with van der Waals surface area (Å²) in [6.45, 7) is 2.70. The fraction of sp³-hybridized carbons (Fsp3) is 1.00. The molecule has 5 nitrogen and oxygen atoms in total. The Labute approximate surface area is 102 Å².